The third kappa shape index (κ3) is 3.66. The molecule has 0 heterocycles. The van der Waals surface area contributed by atoms with Crippen molar-refractivity contribution in [2.75, 3.05) is 0 Å². The normalized spacial score (nSPS) is 41.5. The molecule has 0 unspecified atom stereocenters. The van der Waals surface area contributed by atoms with E-state index < -0.39 is 11.9 Å². The lowest BCUT2D eigenvalue weighted by atomic mass is 9.46. The first kappa shape index (κ1) is 22.2. The molecule has 3 saturated carbocycles. The van der Waals surface area contributed by atoms with Crippen molar-refractivity contribution in [3.8, 4) is 0 Å². The van der Waals surface area contributed by atoms with Crippen molar-refractivity contribution in [2.45, 2.75) is 84.7 Å². The molecule has 0 amide bonds. The summed E-state index contributed by atoms with van der Waals surface area (Å²) >= 11 is 0. The number of fused-ring (bicyclic) bond motifs is 5. The number of carboxylic acids is 1. The summed E-state index contributed by atoms with van der Waals surface area (Å²) in [6.07, 6.45) is 6.75. The van der Waals surface area contributed by atoms with Gasteiger partial charge in [0.2, 0.25) is 0 Å². The van der Waals surface area contributed by atoms with Crippen molar-refractivity contribution in [1.29, 1.82) is 0 Å². The Bertz CT molecular complexity index is 843. The van der Waals surface area contributed by atoms with Gasteiger partial charge in [-0.15, -0.1) is 0 Å². The summed E-state index contributed by atoms with van der Waals surface area (Å²) in [5.74, 6) is -0.248. The van der Waals surface area contributed by atoms with Gasteiger partial charge in [0.1, 0.15) is 11.9 Å². The van der Waals surface area contributed by atoms with Crippen LogP contribution < -0.4 is 0 Å². The molecule has 0 spiro atoms. The fraction of sp³-hybridized carbons (Fsp3) is 0.760. The number of allylic oxidation sites excluding steroid dienone is 1. The summed E-state index contributed by atoms with van der Waals surface area (Å²) in [5.41, 5.74) is 0.790. The highest BCUT2D eigenvalue weighted by molar-refractivity contribution is 5.91. The zero-order chi connectivity index (χ0) is 22.6. The molecule has 31 heavy (non-hydrogen) atoms. The maximum absolute atomic E-state index is 12.6. The van der Waals surface area contributed by atoms with Gasteiger partial charge in [0, 0.05) is 18.3 Å². The van der Waals surface area contributed by atoms with Gasteiger partial charge in [0.15, 0.2) is 5.78 Å². The second-order valence-electron chi connectivity index (χ2n) is 10.8. The molecule has 6 nitrogen and oxygen atoms in total. The molecule has 3 fully saturated rings. The van der Waals surface area contributed by atoms with Crippen molar-refractivity contribution >= 4 is 23.5 Å². The first-order valence-electron chi connectivity index (χ1n) is 11.7. The van der Waals surface area contributed by atoms with Crippen LogP contribution in [0.4, 0.5) is 0 Å². The van der Waals surface area contributed by atoms with Gasteiger partial charge in [-0.3, -0.25) is 19.2 Å². The molecular weight excluding hydrogens is 396 g/mol. The van der Waals surface area contributed by atoms with E-state index in [1.165, 1.54) is 5.57 Å². The molecule has 0 bridgehead atoms. The van der Waals surface area contributed by atoms with Gasteiger partial charge in [0.05, 0.1) is 12.8 Å². The van der Waals surface area contributed by atoms with Crippen LogP contribution in [-0.4, -0.2) is 34.7 Å². The number of ketones is 2. The Hall–Kier alpha value is -1.98. The van der Waals surface area contributed by atoms with Gasteiger partial charge in [-0.05, 0) is 74.2 Å². The van der Waals surface area contributed by atoms with E-state index in [-0.39, 0.29) is 53.2 Å². The average Bonchev–Trinajstić information content (AvgIpc) is 3.03. The third-order valence-corrected chi connectivity index (χ3v) is 9.19. The van der Waals surface area contributed by atoms with Crippen molar-refractivity contribution in [3.05, 3.63) is 11.6 Å². The molecule has 4 rings (SSSR count). The minimum absolute atomic E-state index is 0.0173. The Balaban J connectivity index is 1.70. The zero-order valence-corrected chi connectivity index (χ0v) is 18.8. The van der Waals surface area contributed by atoms with Crippen LogP contribution in [0.25, 0.3) is 0 Å². The van der Waals surface area contributed by atoms with Crippen molar-refractivity contribution in [2.24, 2.45) is 34.5 Å². The first-order chi connectivity index (χ1) is 14.6. The van der Waals surface area contributed by atoms with Crippen LogP contribution in [0.3, 0.4) is 0 Å². The Kier molecular flexibility index (Phi) is 5.63. The van der Waals surface area contributed by atoms with Crippen molar-refractivity contribution < 1.29 is 29.0 Å². The number of esters is 1. The van der Waals surface area contributed by atoms with Crippen LogP contribution in [0.5, 0.6) is 0 Å². The third-order valence-electron chi connectivity index (χ3n) is 9.19. The summed E-state index contributed by atoms with van der Waals surface area (Å²) in [6.45, 7) is 6.09. The lowest BCUT2D eigenvalue weighted by Gasteiger charge is -2.60. The molecule has 0 aromatic heterocycles. The molecular formula is C25H34O6. The van der Waals surface area contributed by atoms with Crippen molar-refractivity contribution in [3.63, 3.8) is 0 Å². The van der Waals surface area contributed by atoms with Gasteiger partial charge in [-0.1, -0.05) is 19.4 Å². The number of Topliss-reactive ketones (excluding diaryl/α,β-unsaturated/α-hetero) is 1. The lowest BCUT2D eigenvalue weighted by Crippen LogP contribution is -2.58. The number of hydrogen-bond acceptors (Lipinski definition) is 5. The SMILES string of the molecule is CC(=O)[C@@H]1CC[C@@H]2[C@H]3CCC4=CC(=O)CC[C@]4(C)[C@@H]3[C@H](OC(=O)CCC(=O)O)C[C@@]21C. The Morgan fingerprint density at radius 3 is 2.55 bits per heavy atom. The smallest absolute Gasteiger partial charge is 0.306 e. The minimum Gasteiger partial charge on any atom is -0.481 e. The van der Waals surface area contributed by atoms with E-state index in [0.29, 0.717) is 24.7 Å². The molecule has 4 aliphatic rings. The molecule has 1 N–H and O–H groups in total. The van der Waals surface area contributed by atoms with E-state index in [9.17, 15) is 19.2 Å². The second kappa shape index (κ2) is 7.86. The largest absolute Gasteiger partial charge is 0.481 e. The van der Waals surface area contributed by atoms with Crippen molar-refractivity contribution in [1.82, 2.24) is 0 Å². The molecule has 4 aliphatic carbocycles. The van der Waals surface area contributed by atoms with E-state index >= 15 is 0 Å². The fourth-order valence-corrected chi connectivity index (χ4v) is 7.87. The highest BCUT2D eigenvalue weighted by Crippen LogP contribution is 2.67. The average molecular weight is 431 g/mol. The maximum atomic E-state index is 12.6. The van der Waals surface area contributed by atoms with Crippen LogP contribution >= 0.6 is 0 Å². The van der Waals surface area contributed by atoms with E-state index in [4.69, 9.17) is 9.84 Å². The Morgan fingerprint density at radius 2 is 1.87 bits per heavy atom. The van der Waals surface area contributed by atoms with Gasteiger partial charge in [-0.2, -0.15) is 0 Å². The molecule has 0 aromatic rings. The van der Waals surface area contributed by atoms with Crippen LogP contribution in [0.15, 0.2) is 11.6 Å². The highest BCUT2D eigenvalue weighted by atomic mass is 16.5. The number of ether oxygens (including phenoxy) is 1. The van der Waals surface area contributed by atoms with Gasteiger partial charge < -0.3 is 9.84 Å². The minimum atomic E-state index is -1.02. The highest BCUT2D eigenvalue weighted by Gasteiger charge is 2.63. The number of carbonyl (C=O) groups excluding carboxylic acids is 3. The number of rotatable bonds is 5. The zero-order valence-electron chi connectivity index (χ0n) is 18.8. The monoisotopic (exact) mass is 430 g/mol. The molecule has 7 atom stereocenters. The van der Waals surface area contributed by atoms with Crippen LogP contribution in [0, 0.1) is 34.5 Å². The molecule has 0 aliphatic heterocycles. The van der Waals surface area contributed by atoms with Crippen LogP contribution in [0.2, 0.25) is 0 Å². The number of aliphatic carboxylic acids is 1. The predicted molar refractivity (Wildman–Crippen MR) is 113 cm³/mol. The van der Waals surface area contributed by atoms with Gasteiger partial charge in [0.25, 0.3) is 0 Å². The summed E-state index contributed by atoms with van der Waals surface area (Å²) in [7, 11) is 0. The Morgan fingerprint density at radius 1 is 1.13 bits per heavy atom. The summed E-state index contributed by atoms with van der Waals surface area (Å²) < 4.78 is 6.03. The summed E-state index contributed by atoms with van der Waals surface area (Å²) in [4.78, 5) is 48.1. The Labute approximate surface area is 183 Å². The molecule has 0 saturated heterocycles. The van der Waals surface area contributed by atoms with Crippen LogP contribution in [-0.2, 0) is 23.9 Å². The molecule has 0 radical (unpaired) electrons. The summed E-state index contributed by atoms with van der Waals surface area (Å²) in [5, 5.41) is 8.95. The van der Waals surface area contributed by atoms with Gasteiger partial charge in [-0.25, -0.2) is 0 Å². The fourth-order valence-electron chi connectivity index (χ4n) is 7.87. The molecule has 170 valence electrons. The van der Waals surface area contributed by atoms with E-state index in [1.807, 2.05) is 6.08 Å². The molecule has 6 heteroatoms. The van der Waals surface area contributed by atoms with E-state index in [1.54, 1.807) is 6.92 Å². The topological polar surface area (TPSA) is 97.7 Å². The quantitative estimate of drug-likeness (QED) is 0.659. The van der Waals surface area contributed by atoms with E-state index in [0.717, 1.165) is 32.1 Å². The lowest BCUT2D eigenvalue weighted by molar-refractivity contribution is -0.178. The first-order valence-corrected chi connectivity index (χ1v) is 11.7. The second-order valence-corrected chi connectivity index (χ2v) is 10.8. The van der Waals surface area contributed by atoms with Gasteiger partial charge >= 0.3 is 11.9 Å². The molecule has 0 aromatic carbocycles. The van der Waals surface area contributed by atoms with Crippen LogP contribution in [0.1, 0.15) is 78.6 Å². The predicted octanol–water partition coefficient (Wildman–Crippen LogP) is 4.11. The number of hydrogen-bond donors (Lipinski definition) is 1. The van der Waals surface area contributed by atoms with E-state index in [2.05, 4.69) is 13.8 Å². The number of carboxylic acid groups (broad SMARTS) is 1. The summed E-state index contributed by atoms with van der Waals surface area (Å²) in [6, 6.07) is 0. The standard InChI is InChI=1S/C25H34O6/c1-14(26)18-6-7-19-17-5-4-15-12-16(27)10-11-24(15,2)23(17)20(13-25(18,19)3)31-22(30)9-8-21(28)29/h12,17-20,23H,4-11,13H2,1-3H3,(H,28,29)/t17-,18+,19-,20-,23+,24+,25-/m1/s1. The maximum Gasteiger partial charge on any atom is 0.306 e. The number of carbonyl (C=O) groups is 4.